The zero-order chi connectivity index (χ0) is 16.8. The molecular weight excluding hydrogens is 286 g/mol. The molecule has 0 fully saturated rings. The van der Waals surface area contributed by atoms with E-state index in [1.807, 2.05) is 38.1 Å². The van der Waals surface area contributed by atoms with E-state index in [0.29, 0.717) is 11.7 Å². The summed E-state index contributed by atoms with van der Waals surface area (Å²) < 4.78 is 0. The number of aromatic nitrogens is 1. The minimum Gasteiger partial charge on any atom is -0.364 e. The topological polar surface area (TPSA) is 45.2 Å². The van der Waals surface area contributed by atoms with Gasteiger partial charge in [0.15, 0.2) is 0 Å². The Labute approximate surface area is 138 Å². The van der Waals surface area contributed by atoms with Crippen LogP contribution in [0.4, 0.5) is 5.69 Å². The molecule has 122 valence electrons. The van der Waals surface area contributed by atoms with Gasteiger partial charge in [0.05, 0.1) is 11.9 Å². The van der Waals surface area contributed by atoms with Gasteiger partial charge in [-0.05, 0) is 45.4 Å². The molecule has 4 heteroatoms. The fourth-order valence-corrected chi connectivity index (χ4v) is 2.38. The maximum atomic E-state index is 12.0. The van der Waals surface area contributed by atoms with Crippen LogP contribution in [0.25, 0.3) is 0 Å². The van der Waals surface area contributed by atoms with Gasteiger partial charge in [0.2, 0.25) is 0 Å². The second-order valence-corrected chi connectivity index (χ2v) is 6.24. The summed E-state index contributed by atoms with van der Waals surface area (Å²) in [5, 5.41) is 2.86. The average molecular weight is 311 g/mol. The van der Waals surface area contributed by atoms with Crippen LogP contribution >= 0.6 is 0 Å². The lowest BCUT2D eigenvalue weighted by atomic mass is 10.1. The third-order valence-electron chi connectivity index (χ3n) is 3.55. The van der Waals surface area contributed by atoms with E-state index in [1.54, 1.807) is 12.3 Å². The predicted octanol–water partition coefficient (Wildman–Crippen LogP) is 3.63. The number of hydrogen-bond donors (Lipinski definition) is 1. The first-order chi connectivity index (χ1) is 11.0. The van der Waals surface area contributed by atoms with Crippen LogP contribution in [-0.4, -0.2) is 23.0 Å². The largest absolute Gasteiger partial charge is 0.364 e. The minimum absolute atomic E-state index is 0.106. The van der Waals surface area contributed by atoms with E-state index in [2.05, 4.69) is 41.2 Å². The Morgan fingerprint density at radius 1 is 1.09 bits per heavy atom. The molecule has 1 aromatic heterocycles. The molecule has 1 amide bonds. The summed E-state index contributed by atoms with van der Waals surface area (Å²) in [4.78, 5) is 18.6. The van der Waals surface area contributed by atoms with Crippen LogP contribution in [0.2, 0.25) is 0 Å². The van der Waals surface area contributed by atoms with Gasteiger partial charge in [-0.25, -0.2) is 4.98 Å². The lowest BCUT2D eigenvalue weighted by molar-refractivity contribution is 0.0938. The maximum Gasteiger partial charge on any atom is 0.270 e. The number of hydrogen-bond acceptors (Lipinski definition) is 3. The van der Waals surface area contributed by atoms with Gasteiger partial charge < -0.3 is 10.2 Å². The van der Waals surface area contributed by atoms with Crippen molar-refractivity contribution in [3.63, 3.8) is 0 Å². The quantitative estimate of drug-likeness (QED) is 0.886. The highest BCUT2D eigenvalue weighted by Gasteiger charge is 2.14. The second kappa shape index (κ2) is 7.77. The first kappa shape index (κ1) is 17.0. The van der Waals surface area contributed by atoms with Gasteiger partial charge in [0.25, 0.3) is 5.91 Å². The standard InChI is InChI=1S/C19H25N3O/c1-14(2)21-19(23)18-11-10-17(12-20-18)22(15(3)4)13-16-8-6-5-7-9-16/h5-12,14-15H,13H2,1-4H3,(H,21,23). The molecule has 4 nitrogen and oxygen atoms in total. The number of anilines is 1. The fraction of sp³-hybridized carbons (Fsp3) is 0.368. The summed E-state index contributed by atoms with van der Waals surface area (Å²) in [7, 11) is 0. The van der Waals surface area contributed by atoms with E-state index < -0.39 is 0 Å². The summed E-state index contributed by atoms with van der Waals surface area (Å²) >= 11 is 0. The van der Waals surface area contributed by atoms with E-state index in [4.69, 9.17) is 0 Å². The SMILES string of the molecule is CC(C)NC(=O)c1ccc(N(Cc2ccccc2)C(C)C)cn1. The zero-order valence-corrected chi connectivity index (χ0v) is 14.3. The summed E-state index contributed by atoms with van der Waals surface area (Å²) in [6.45, 7) is 9.00. The molecule has 2 rings (SSSR count). The van der Waals surface area contributed by atoms with Crippen LogP contribution in [0.1, 0.15) is 43.7 Å². The molecule has 0 unspecified atom stereocenters. The molecule has 0 radical (unpaired) electrons. The van der Waals surface area contributed by atoms with Gasteiger partial charge in [-0.3, -0.25) is 4.79 Å². The number of pyridine rings is 1. The van der Waals surface area contributed by atoms with Crippen LogP contribution in [0, 0.1) is 0 Å². The normalized spacial score (nSPS) is 10.9. The molecule has 0 saturated heterocycles. The van der Waals surface area contributed by atoms with Crippen LogP contribution in [0.15, 0.2) is 48.7 Å². The van der Waals surface area contributed by atoms with Crippen molar-refractivity contribution >= 4 is 11.6 Å². The number of carbonyl (C=O) groups excluding carboxylic acids is 1. The van der Waals surface area contributed by atoms with Crippen molar-refractivity contribution in [2.24, 2.45) is 0 Å². The molecule has 0 aliphatic heterocycles. The first-order valence-electron chi connectivity index (χ1n) is 8.05. The van der Waals surface area contributed by atoms with E-state index >= 15 is 0 Å². The van der Waals surface area contributed by atoms with Crippen molar-refractivity contribution in [2.45, 2.75) is 46.3 Å². The molecule has 0 bridgehead atoms. The number of carbonyl (C=O) groups is 1. The first-order valence-corrected chi connectivity index (χ1v) is 8.05. The van der Waals surface area contributed by atoms with Crippen LogP contribution in [0.5, 0.6) is 0 Å². The van der Waals surface area contributed by atoms with Crippen molar-refractivity contribution in [1.29, 1.82) is 0 Å². The van der Waals surface area contributed by atoms with Gasteiger partial charge in [-0.1, -0.05) is 30.3 Å². The molecule has 1 aromatic carbocycles. The average Bonchev–Trinajstić information content (AvgIpc) is 2.53. The molecule has 2 aromatic rings. The van der Waals surface area contributed by atoms with Gasteiger partial charge in [-0.15, -0.1) is 0 Å². The summed E-state index contributed by atoms with van der Waals surface area (Å²) in [6, 6.07) is 14.5. The molecular formula is C19H25N3O. The van der Waals surface area contributed by atoms with Crippen molar-refractivity contribution in [1.82, 2.24) is 10.3 Å². The number of nitrogens with zero attached hydrogens (tertiary/aromatic N) is 2. The smallest absolute Gasteiger partial charge is 0.270 e. The highest BCUT2D eigenvalue weighted by atomic mass is 16.1. The summed E-state index contributed by atoms with van der Waals surface area (Å²) in [5.41, 5.74) is 2.72. The maximum absolute atomic E-state index is 12.0. The van der Waals surface area contributed by atoms with Gasteiger partial charge in [0.1, 0.15) is 5.69 Å². The van der Waals surface area contributed by atoms with E-state index in [9.17, 15) is 4.79 Å². The Kier molecular flexibility index (Phi) is 5.74. The molecule has 0 saturated carbocycles. The monoisotopic (exact) mass is 311 g/mol. The van der Waals surface area contributed by atoms with Gasteiger partial charge in [0, 0.05) is 18.6 Å². The predicted molar refractivity (Wildman–Crippen MR) is 94.6 cm³/mol. The molecule has 23 heavy (non-hydrogen) atoms. The third kappa shape index (κ3) is 4.81. The van der Waals surface area contributed by atoms with E-state index in [-0.39, 0.29) is 11.9 Å². The Bertz CT molecular complexity index is 621. The van der Waals surface area contributed by atoms with Gasteiger partial charge in [-0.2, -0.15) is 0 Å². The van der Waals surface area contributed by atoms with Crippen molar-refractivity contribution in [3.05, 3.63) is 59.9 Å². The summed E-state index contributed by atoms with van der Waals surface area (Å²) in [5.74, 6) is -0.134. The summed E-state index contributed by atoms with van der Waals surface area (Å²) in [6.07, 6.45) is 1.78. The van der Waals surface area contributed by atoms with E-state index in [0.717, 1.165) is 12.2 Å². The minimum atomic E-state index is -0.134. The Morgan fingerprint density at radius 2 is 1.78 bits per heavy atom. The molecule has 1 N–H and O–H groups in total. The van der Waals surface area contributed by atoms with Crippen LogP contribution in [-0.2, 0) is 6.54 Å². The Morgan fingerprint density at radius 3 is 2.30 bits per heavy atom. The highest BCUT2D eigenvalue weighted by Crippen LogP contribution is 2.19. The Hall–Kier alpha value is -2.36. The third-order valence-corrected chi connectivity index (χ3v) is 3.55. The van der Waals surface area contributed by atoms with Crippen molar-refractivity contribution in [2.75, 3.05) is 4.90 Å². The molecule has 0 spiro atoms. The lowest BCUT2D eigenvalue weighted by Crippen LogP contribution is -2.32. The van der Waals surface area contributed by atoms with Crippen LogP contribution < -0.4 is 10.2 Å². The van der Waals surface area contributed by atoms with Crippen LogP contribution in [0.3, 0.4) is 0 Å². The molecule has 0 atom stereocenters. The molecule has 1 heterocycles. The Balaban J connectivity index is 2.15. The lowest BCUT2D eigenvalue weighted by Gasteiger charge is -2.29. The van der Waals surface area contributed by atoms with E-state index in [1.165, 1.54) is 5.56 Å². The second-order valence-electron chi connectivity index (χ2n) is 6.24. The number of nitrogens with one attached hydrogen (secondary N) is 1. The van der Waals surface area contributed by atoms with Crippen molar-refractivity contribution in [3.8, 4) is 0 Å². The number of benzene rings is 1. The molecule has 0 aliphatic carbocycles. The van der Waals surface area contributed by atoms with Gasteiger partial charge >= 0.3 is 0 Å². The van der Waals surface area contributed by atoms with Crippen molar-refractivity contribution < 1.29 is 4.79 Å². The number of rotatable bonds is 6. The number of amides is 1. The zero-order valence-electron chi connectivity index (χ0n) is 14.3. The fourth-order valence-electron chi connectivity index (χ4n) is 2.38. The highest BCUT2D eigenvalue weighted by molar-refractivity contribution is 5.92. The molecule has 0 aliphatic rings.